The minimum absolute atomic E-state index is 0.436. The molecule has 1 aliphatic heterocycles. The lowest BCUT2D eigenvalue weighted by Gasteiger charge is -2.35. The van der Waals surface area contributed by atoms with Gasteiger partial charge in [-0.15, -0.1) is 0 Å². The highest BCUT2D eigenvalue weighted by atomic mass is 16.5. The summed E-state index contributed by atoms with van der Waals surface area (Å²) >= 11 is 0. The maximum Gasteiger partial charge on any atom is 0.411 e. The first-order chi connectivity index (χ1) is 13.7. The summed E-state index contributed by atoms with van der Waals surface area (Å²) in [5.74, 6) is 1.56. The highest BCUT2D eigenvalue weighted by Gasteiger charge is 2.20. The van der Waals surface area contributed by atoms with Gasteiger partial charge in [-0.25, -0.2) is 14.8 Å². The highest BCUT2D eigenvalue weighted by Crippen LogP contribution is 2.28. The van der Waals surface area contributed by atoms with Crippen molar-refractivity contribution in [2.75, 3.05) is 55.7 Å². The standard InChI is InChI=1S/C20H27N5O3/c1-2-28-18-7-4-3-6-17(18)25(20(26)27)11-5-10-23-12-14-24(15-13-23)19-8-9-21-16-22-19/h3-4,6-9,16H,2,5,10-15H2,1H3,(H,26,27). The van der Waals surface area contributed by atoms with Crippen LogP contribution < -0.4 is 14.5 Å². The molecular formula is C20H27N5O3. The third-order valence-corrected chi connectivity index (χ3v) is 4.81. The van der Waals surface area contributed by atoms with E-state index in [1.807, 2.05) is 25.1 Å². The Morgan fingerprint density at radius 1 is 1.21 bits per heavy atom. The summed E-state index contributed by atoms with van der Waals surface area (Å²) in [5, 5.41) is 9.66. The van der Waals surface area contributed by atoms with Crippen LogP contribution in [0.2, 0.25) is 0 Å². The second-order valence-electron chi connectivity index (χ2n) is 6.58. The van der Waals surface area contributed by atoms with Crippen LogP contribution >= 0.6 is 0 Å². The number of nitrogens with zero attached hydrogens (tertiary/aromatic N) is 5. The molecule has 1 aliphatic rings. The average molecular weight is 385 g/mol. The normalized spacial score (nSPS) is 14.7. The van der Waals surface area contributed by atoms with Gasteiger partial charge >= 0.3 is 6.09 Å². The first kappa shape index (κ1) is 19.9. The van der Waals surface area contributed by atoms with Crippen molar-refractivity contribution in [3.05, 3.63) is 42.9 Å². The minimum Gasteiger partial charge on any atom is -0.492 e. The minimum atomic E-state index is -0.958. The number of carbonyl (C=O) groups is 1. The van der Waals surface area contributed by atoms with Crippen LogP contribution in [0.3, 0.4) is 0 Å². The number of piperazine rings is 1. The molecule has 28 heavy (non-hydrogen) atoms. The molecular weight excluding hydrogens is 358 g/mol. The van der Waals surface area contributed by atoms with E-state index in [1.54, 1.807) is 24.7 Å². The zero-order valence-corrected chi connectivity index (χ0v) is 16.2. The third-order valence-electron chi connectivity index (χ3n) is 4.81. The van der Waals surface area contributed by atoms with Crippen LogP contribution in [0.5, 0.6) is 5.75 Å². The van der Waals surface area contributed by atoms with Crippen LogP contribution in [0.25, 0.3) is 0 Å². The molecule has 8 nitrogen and oxygen atoms in total. The van der Waals surface area contributed by atoms with Gasteiger partial charge < -0.3 is 14.7 Å². The van der Waals surface area contributed by atoms with Crippen LogP contribution in [0.4, 0.5) is 16.3 Å². The number of amides is 1. The van der Waals surface area contributed by atoms with E-state index < -0.39 is 6.09 Å². The highest BCUT2D eigenvalue weighted by molar-refractivity contribution is 5.88. The Balaban J connectivity index is 1.50. The number of ether oxygens (including phenoxy) is 1. The predicted octanol–water partition coefficient (Wildman–Crippen LogP) is 2.57. The van der Waals surface area contributed by atoms with Gasteiger partial charge in [-0.1, -0.05) is 12.1 Å². The molecule has 0 aliphatic carbocycles. The second-order valence-corrected chi connectivity index (χ2v) is 6.58. The molecule has 8 heteroatoms. The van der Waals surface area contributed by atoms with Gasteiger partial charge in [-0.3, -0.25) is 9.80 Å². The van der Waals surface area contributed by atoms with Gasteiger partial charge in [0.1, 0.15) is 17.9 Å². The third kappa shape index (κ3) is 5.10. The fraction of sp³-hybridized carbons (Fsp3) is 0.450. The maximum atomic E-state index is 11.8. The lowest BCUT2D eigenvalue weighted by molar-refractivity contribution is 0.200. The van der Waals surface area contributed by atoms with Crippen molar-refractivity contribution in [3.63, 3.8) is 0 Å². The molecule has 150 valence electrons. The lowest BCUT2D eigenvalue weighted by Crippen LogP contribution is -2.47. The van der Waals surface area contributed by atoms with Crippen LogP contribution in [0.1, 0.15) is 13.3 Å². The molecule has 0 spiro atoms. The van der Waals surface area contributed by atoms with E-state index in [-0.39, 0.29) is 0 Å². The number of aromatic nitrogens is 2. The van der Waals surface area contributed by atoms with E-state index in [4.69, 9.17) is 4.74 Å². The number of carboxylic acid groups (broad SMARTS) is 1. The molecule has 1 aromatic heterocycles. The summed E-state index contributed by atoms with van der Waals surface area (Å²) in [6.45, 7) is 7.38. The van der Waals surface area contributed by atoms with Crippen LogP contribution in [0.15, 0.2) is 42.9 Å². The maximum absolute atomic E-state index is 11.8. The van der Waals surface area contributed by atoms with Gasteiger partial charge in [-0.2, -0.15) is 0 Å². The SMILES string of the molecule is CCOc1ccccc1N(CCCN1CCN(c2ccncn2)CC1)C(=O)O. The Labute approximate surface area is 165 Å². The Hall–Kier alpha value is -2.87. The summed E-state index contributed by atoms with van der Waals surface area (Å²) < 4.78 is 5.59. The first-order valence-corrected chi connectivity index (χ1v) is 9.64. The van der Waals surface area contributed by atoms with Gasteiger partial charge in [0.05, 0.1) is 12.3 Å². The van der Waals surface area contributed by atoms with E-state index in [0.29, 0.717) is 24.6 Å². The Morgan fingerprint density at radius 2 is 2.00 bits per heavy atom. The molecule has 1 aromatic carbocycles. The largest absolute Gasteiger partial charge is 0.492 e. The van der Waals surface area contributed by atoms with Gasteiger partial charge in [0.25, 0.3) is 0 Å². The zero-order valence-electron chi connectivity index (χ0n) is 16.2. The van der Waals surface area contributed by atoms with Crippen molar-refractivity contribution in [2.24, 2.45) is 0 Å². The molecule has 1 saturated heterocycles. The molecule has 0 radical (unpaired) electrons. The van der Waals surface area contributed by atoms with Gasteiger partial charge in [-0.05, 0) is 38.1 Å². The van der Waals surface area contributed by atoms with Crippen molar-refractivity contribution in [1.82, 2.24) is 14.9 Å². The van der Waals surface area contributed by atoms with Crippen molar-refractivity contribution in [2.45, 2.75) is 13.3 Å². The van der Waals surface area contributed by atoms with E-state index in [2.05, 4.69) is 19.8 Å². The molecule has 0 unspecified atom stereocenters. The van der Waals surface area contributed by atoms with Crippen molar-refractivity contribution >= 4 is 17.6 Å². The first-order valence-electron chi connectivity index (χ1n) is 9.64. The van der Waals surface area contributed by atoms with Gasteiger partial charge in [0.2, 0.25) is 0 Å². The zero-order chi connectivity index (χ0) is 19.8. The van der Waals surface area contributed by atoms with E-state index in [1.165, 1.54) is 4.90 Å². The molecule has 0 saturated carbocycles. The Bertz CT molecular complexity index is 751. The van der Waals surface area contributed by atoms with Crippen LogP contribution in [0, 0.1) is 0 Å². The van der Waals surface area contributed by atoms with Gasteiger partial charge in [0.15, 0.2) is 0 Å². The Morgan fingerprint density at radius 3 is 2.68 bits per heavy atom. The number of rotatable bonds is 8. The number of hydrogen-bond donors (Lipinski definition) is 1. The molecule has 2 heterocycles. The van der Waals surface area contributed by atoms with Crippen molar-refractivity contribution < 1.29 is 14.6 Å². The quantitative estimate of drug-likeness (QED) is 0.748. The molecule has 1 fully saturated rings. The van der Waals surface area contributed by atoms with Crippen molar-refractivity contribution in [3.8, 4) is 5.75 Å². The van der Waals surface area contributed by atoms with Crippen molar-refractivity contribution in [1.29, 1.82) is 0 Å². The van der Waals surface area contributed by atoms with Crippen LogP contribution in [-0.4, -0.2) is 71.9 Å². The number of para-hydroxylation sites is 2. The van der Waals surface area contributed by atoms with E-state index in [0.717, 1.165) is 45.0 Å². The number of hydrogen-bond acceptors (Lipinski definition) is 6. The molecule has 3 rings (SSSR count). The second kappa shape index (κ2) is 9.89. The summed E-state index contributed by atoms with van der Waals surface area (Å²) in [6, 6.07) is 9.21. The predicted molar refractivity (Wildman–Crippen MR) is 108 cm³/mol. The summed E-state index contributed by atoms with van der Waals surface area (Å²) in [6.07, 6.45) is 3.14. The fourth-order valence-electron chi connectivity index (χ4n) is 3.40. The monoisotopic (exact) mass is 385 g/mol. The topological polar surface area (TPSA) is 82.0 Å². The molecule has 1 amide bonds. The summed E-state index contributed by atoms with van der Waals surface area (Å²) in [4.78, 5) is 26.0. The fourth-order valence-corrected chi connectivity index (χ4v) is 3.40. The Kier molecular flexibility index (Phi) is 7.02. The van der Waals surface area contributed by atoms with Crippen LogP contribution in [-0.2, 0) is 0 Å². The van der Waals surface area contributed by atoms with Gasteiger partial charge in [0, 0.05) is 38.9 Å². The average Bonchev–Trinajstić information content (AvgIpc) is 2.73. The molecule has 0 atom stereocenters. The molecule has 2 aromatic rings. The summed E-state index contributed by atoms with van der Waals surface area (Å²) in [7, 11) is 0. The lowest BCUT2D eigenvalue weighted by atomic mass is 10.2. The smallest absolute Gasteiger partial charge is 0.411 e. The van der Waals surface area contributed by atoms with E-state index >= 15 is 0 Å². The summed E-state index contributed by atoms with van der Waals surface area (Å²) in [5.41, 5.74) is 0.602. The molecule has 0 bridgehead atoms. The number of benzene rings is 1. The molecule has 1 N–H and O–H groups in total. The van der Waals surface area contributed by atoms with E-state index in [9.17, 15) is 9.90 Å². The number of anilines is 2.